The number of carbonyl (C=O) groups is 3. The molecule has 3 aromatic carbocycles. The lowest BCUT2D eigenvalue weighted by molar-refractivity contribution is -0.130. The fourth-order valence-electron chi connectivity index (χ4n) is 3.49. The van der Waals surface area contributed by atoms with Gasteiger partial charge in [0.05, 0.1) is 5.69 Å². The van der Waals surface area contributed by atoms with Crippen molar-refractivity contribution < 1.29 is 14.4 Å². The Balaban J connectivity index is 1.36. The number of hydrogen-bond acceptors (Lipinski definition) is 4. The molecule has 0 aromatic heterocycles. The predicted octanol–water partition coefficient (Wildman–Crippen LogP) is 4.33. The van der Waals surface area contributed by atoms with Gasteiger partial charge in [-0.05, 0) is 42.7 Å². The SMILES string of the molecule is O=C(CN1C(=O)N[C@@H](CCc2ccccc2)C1=O)Nc1ccccc1Sc1ccccc1. The van der Waals surface area contributed by atoms with E-state index in [0.29, 0.717) is 18.5 Å². The fourth-order valence-corrected chi connectivity index (χ4v) is 4.41. The van der Waals surface area contributed by atoms with Crippen LogP contribution in [0.15, 0.2) is 94.7 Å². The number of para-hydroxylation sites is 1. The Bertz CT molecular complexity index is 1110. The molecule has 0 aliphatic carbocycles. The first-order chi connectivity index (χ1) is 15.6. The average molecular weight is 446 g/mol. The van der Waals surface area contributed by atoms with Gasteiger partial charge in [-0.3, -0.25) is 14.5 Å². The number of benzene rings is 3. The van der Waals surface area contributed by atoms with Gasteiger partial charge in [0.1, 0.15) is 12.6 Å². The molecule has 0 radical (unpaired) electrons. The van der Waals surface area contributed by atoms with E-state index in [1.165, 1.54) is 11.8 Å². The van der Waals surface area contributed by atoms with Crippen LogP contribution in [-0.4, -0.2) is 35.3 Å². The van der Waals surface area contributed by atoms with Gasteiger partial charge in [-0.1, -0.05) is 72.4 Å². The maximum atomic E-state index is 12.7. The normalized spacial score (nSPS) is 15.5. The lowest BCUT2D eigenvalue weighted by Crippen LogP contribution is -2.38. The molecule has 1 aliphatic heterocycles. The third kappa shape index (κ3) is 5.36. The summed E-state index contributed by atoms with van der Waals surface area (Å²) in [4.78, 5) is 40.6. The van der Waals surface area contributed by atoms with E-state index in [1.807, 2.05) is 78.9 Å². The maximum Gasteiger partial charge on any atom is 0.325 e. The smallest absolute Gasteiger partial charge is 0.325 e. The summed E-state index contributed by atoms with van der Waals surface area (Å²) in [5.74, 6) is -0.786. The van der Waals surface area contributed by atoms with Crippen LogP contribution in [0.25, 0.3) is 0 Å². The van der Waals surface area contributed by atoms with E-state index in [0.717, 1.165) is 20.3 Å². The van der Waals surface area contributed by atoms with Gasteiger partial charge in [-0.25, -0.2) is 4.79 Å². The zero-order valence-corrected chi connectivity index (χ0v) is 18.2. The molecule has 0 spiro atoms. The number of hydrogen-bond donors (Lipinski definition) is 2. The van der Waals surface area contributed by atoms with Gasteiger partial charge < -0.3 is 10.6 Å². The van der Waals surface area contributed by atoms with Crippen LogP contribution in [0.2, 0.25) is 0 Å². The van der Waals surface area contributed by atoms with Crippen molar-refractivity contribution in [3.05, 3.63) is 90.5 Å². The van der Waals surface area contributed by atoms with Crippen molar-refractivity contribution in [3.8, 4) is 0 Å². The molecule has 1 atom stereocenters. The summed E-state index contributed by atoms with van der Waals surface area (Å²) < 4.78 is 0. The number of anilines is 1. The summed E-state index contributed by atoms with van der Waals surface area (Å²) in [5, 5.41) is 5.53. The molecular weight excluding hydrogens is 422 g/mol. The minimum Gasteiger partial charge on any atom is -0.326 e. The minimum absolute atomic E-state index is 0.323. The number of amides is 4. The highest BCUT2D eigenvalue weighted by atomic mass is 32.2. The number of nitrogens with zero attached hydrogens (tertiary/aromatic N) is 1. The van der Waals surface area contributed by atoms with Gasteiger partial charge >= 0.3 is 6.03 Å². The quantitative estimate of drug-likeness (QED) is 0.506. The topological polar surface area (TPSA) is 78.5 Å². The zero-order chi connectivity index (χ0) is 22.3. The van der Waals surface area contributed by atoms with Crippen LogP contribution in [0.4, 0.5) is 10.5 Å². The Hall–Kier alpha value is -3.58. The zero-order valence-electron chi connectivity index (χ0n) is 17.4. The van der Waals surface area contributed by atoms with Crippen molar-refractivity contribution in [2.45, 2.75) is 28.7 Å². The molecule has 32 heavy (non-hydrogen) atoms. The molecule has 1 saturated heterocycles. The van der Waals surface area contributed by atoms with Gasteiger partial charge in [-0.2, -0.15) is 0 Å². The Morgan fingerprint density at radius 2 is 1.56 bits per heavy atom. The molecule has 4 rings (SSSR count). The average Bonchev–Trinajstić information content (AvgIpc) is 3.08. The Morgan fingerprint density at radius 1 is 0.906 bits per heavy atom. The molecule has 0 unspecified atom stereocenters. The van der Waals surface area contributed by atoms with E-state index >= 15 is 0 Å². The first kappa shape index (κ1) is 21.6. The van der Waals surface area contributed by atoms with E-state index in [2.05, 4.69) is 10.6 Å². The molecular formula is C25H23N3O3S. The fraction of sp³-hybridized carbons (Fsp3) is 0.160. The molecule has 1 heterocycles. The van der Waals surface area contributed by atoms with Gasteiger partial charge in [-0.15, -0.1) is 0 Å². The van der Waals surface area contributed by atoms with Crippen LogP contribution in [0, 0.1) is 0 Å². The molecule has 7 heteroatoms. The highest BCUT2D eigenvalue weighted by Gasteiger charge is 2.38. The molecule has 0 saturated carbocycles. The predicted molar refractivity (Wildman–Crippen MR) is 124 cm³/mol. The molecule has 6 nitrogen and oxygen atoms in total. The summed E-state index contributed by atoms with van der Waals surface area (Å²) in [5.41, 5.74) is 1.73. The highest BCUT2D eigenvalue weighted by Crippen LogP contribution is 2.33. The van der Waals surface area contributed by atoms with Crippen molar-refractivity contribution in [3.63, 3.8) is 0 Å². The first-order valence-corrected chi connectivity index (χ1v) is 11.2. The van der Waals surface area contributed by atoms with Gasteiger partial charge in [0.25, 0.3) is 5.91 Å². The monoisotopic (exact) mass is 445 g/mol. The van der Waals surface area contributed by atoms with E-state index < -0.39 is 18.0 Å². The summed E-state index contributed by atoms with van der Waals surface area (Å²) in [6.45, 7) is -0.323. The summed E-state index contributed by atoms with van der Waals surface area (Å²) >= 11 is 1.53. The van der Waals surface area contributed by atoms with Crippen LogP contribution >= 0.6 is 11.8 Å². The number of imide groups is 1. The lowest BCUT2D eigenvalue weighted by atomic mass is 10.1. The molecule has 2 N–H and O–H groups in total. The van der Waals surface area contributed by atoms with E-state index in [9.17, 15) is 14.4 Å². The lowest BCUT2D eigenvalue weighted by Gasteiger charge is -2.15. The molecule has 1 aliphatic rings. The summed E-state index contributed by atoms with van der Waals surface area (Å²) in [6, 6.07) is 25.9. The van der Waals surface area contributed by atoms with Crippen LogP contribution in [0.5, 0.6) is 0 Å². The molecule has 1 fully saturated rings. The molecule has 0 bridgehead atoms. The summed E-state index contributed by atoms with van der Waals surface area (Å²) in [6.07, 6.45) is 1.16. The second kappa shape index (κ2) is 10.2. The van der Waals surface area contributed by atoms with Crippen LogP contribution in [0.1, 0.15) is 12.0 Å². The first-order valence-electron chi connectivity index (χ1n) is 10.4. The van der Waals surface area contributed by atoms with Gasteiger partial charge in [0, 0.05) is 9.79 Å². The van der Waals surface area contributed by atoms with Gasteiger partial charge in [0.15, 0.2) is 0 Å². The minimum atomic E-state index is -0.614. The Labute approximate surface area is 191 Å². The van der Waals surface area contributed by atoms with Crippen molar-refractivity contribution >= 4 is 35.3 Å². The van der Waals surface area contributed by atoms with Crippen LogP contribution < -0.4 is 10.6 Å². The third-order valence-electron chi connectivity index (χ3n) is 5.11. The second-order valence-corrected chi connectivity index (χ2v) is 8.53. The van der Waals surface area contributed by atoms with E-state index in [4.69, 9.17) is 0 Å². The Kier molecular flexibility index (Phi) is 6.87. The second-order valence-electron chi connectivity index (χ2n) is 7.41. The number of rotatable bonds is 8. The highest BCUT2D eigenvalue weighted by molar-refractivity contribution is 7.99. The van der Waals surface area contributed by atoms with Crippen LogP contribution in [-0.2, 0) is 16.0 Å². The standard InChI is InChI=1S/C25H23N3O3S/c29-23(26-20-13-7-8-14-22(20)32-19-11-5-2-6-12-19)17-28-24(30)21(27-25(28)31)16-15-18-9-3-1-4-10-18/h1-14,21H,15-17H2,(H,26,29)(H,27,31)/t21-/m0/s1. The van der Waals surface area contributed by atoms with Crippen molar-refractivity contribution in [1.29, 1.82) is 0 Å². The largest absolute Gasteiger partial charge is 0.326 e. The number of carbonyl (C=O) groups excluding carboxylic acids is 3. The summed E-state index contributed by atoms with van der Waals surface area (Å²) in [7, 11) is 0. The molecule has 4 amide bonds. The number of aryl methyl sites for hydroxylation is 1. The Morgan fingerprint density at radius 3 is 2.31 bits per heavy atom. The van der Waals surface area contributed by atoms with Crippen molar-refractivity contribution in [1.82, 2.24) is 10.2 Å². The van der Waals surface area contributed by atoms with Crippen LogP contribution in [0.3, 0.4) is 0 Å². The van der Waals surface area contributed by atoms with Gasteiger partial charge in [0.2, 0.25) is 5.91 Å². The molecule has 162 valence electrons. The van der Waals surface area contributed by atoms with Crippen molar-refractivity contribution in [2.75, 3.05) is 11.9 Å². The molecule has 3 aromatic rings. The number of nitrogens with one attached hydrogen (secondary N) is 2. The number of urea groups is 1. The third-order valence-corrected chi connectivity index (χ3v) is 6.19. The van der Waals surface area contributed by atoms with E-state index in [1.54, 1.807) is 6.07 Å². The maximum absolute atomic E-state index is 12.7. The van der Waals surface area contributed by atoms with E-state index in [-0.39, 0.29) is 12.5 Å². The van der Waals surface area contributed by atoms with Crippen molar-refractivity contribution in [2.24, 2.45) is 0 Å².